The highest BCUT2D eigenvalue weighted by atomic mass is 16.5. The van der Waals surface area contributed by atoms with Crippen LogP contribution in [0.2, 0.25) is 0 Å². The number of nitrogens with one attached hydrogen (secondary N) is 2. The lowest BCUT2D eigenvalue weighted by atomic mass is 10.3. The molecule has 0 aromatic carbocycles. The fourth-order valence-electron chi connectivity index (χ4n) is 1.04. The molecule has 0 fully saturated rings. The van der Waals surface area contributed by atoms with Crippen molar-refractivity contribution in [3.05, 3.63) is 12.7 Å². The third-order valence-electron chi connectivity index (χ3n) is 1.76. The SMILES string of the molecule is C=CCNCC(=O)NCCCC(=O)OCC. The molecule has 2 N–H and O–H groups in total. The Morgan fingerprint density at radius 1 is 1.44 bits per heavy atom. The predicted molar refractivity (Wildman–Crippen MR) is 61.9 cm³/mol. The molecule has 0 aliphatic heterocycles. The van der Waals surface area contributed by atoms with E-state index in [0.29, 0.717) is 32.5 Å². The first kappa shape index (κ1) is 14.6. The molecule has 5 nitrogen and oxygen atoms in total. The fourth-order valence-corrected chi connectivity index (χ4v) is 1.04. The van der Waals surface area contributed by atoms with Crippen LogP contribution in [0.25, 0.3) is 0 Å². The lowest BCUT2D eigenvalue weighted by Crippen LogP contribution is -2.34. The van der Waals surface area contributed by atoms with E-state index in [1.165, 1.54) is 0 Å². The minimum absolute atomic E-state index is 0.0780. The number of esters is 1. The van der Waals surface area contributed by atoms with Crippen LogP contribution in [0, 0.1) is 0 Å². The van der Waals surface area contributed by atoms with Gasteiger partial charge in [0.2, 0.25) is 5.91 Å². The van der Waals surface area contributed by atoms with Crippen molar-refractivity contribution in [3.63, 3.8) is 0 Å². The Labute approximate surface area is 96.2 Å². The molecule has 0 aromatic rings. The maximum atomic E-state index is 11.2. The lowest BCUT2D eigenvalue weighted by molar-refractivity contribution is -0.143. The topological polar surface area (TPSA) is 67.4 Å². The van der Waals surface area contributed by atoms with Crippen molar-refractivity contribution in [3.8, 4) is 0 Å². The van der Waals surface area contributed by atoms with Crippen molar-refractivity contribution in [2.24, 2.45) is 0 Å². The van der Waals surface area contributed by atoms with E-state index in [4.69, 9.17) is 4.74 Å². The molecule has 0 bridgehead atoms. The molecule has 0 saturated carbocycles. The van der Waals surface area contributed by atoms with Crippen LogP contribution in [0.5, 0.6) is 0 Å². The Bertz CT molecular complexity index is 229. The first-order chi connectivity index (χ1) is 7.70. The van der Waals surface area contributed by atoms with Crippen LogP contribution in [0.3, 0.4) is 0 Å². The summed E-state index contributed by atoms with van der Waals surface area (Å²) in [6.07, 6.45) is 2.63. The molecule has 16 heavy (non-hydrogen) atoms. The average molecular weight is 228 g/mol. The van der Waals surface area contributed by atoms with Crippen LogP contribution >= 0.6 is 0 Å². The van der Waals surface area contributed by atoms with Crippen molar-refractivity contribution in [2.45, 2.75) is 19.8 Å². The van der Waals surface area contributed by atoms with Crippen molar-refractivity contribution in [1.29, 1.82) is 0 Å². The number of amides is 1. The summed E-state index contributed by atoms with van der Waals surface area (Å²) < 4.78 is 4.75. The van der Waals surface area contributed by atoms with Gasteiger partial charge in [0.25, 0.3) is 0 Å². The largest absolute Gasteiger partial charge is 0.466 e. The van der Waals surface area contributed by atoms with E-state index in [-0.39, 0.29) is 18.4 Å². The van der Waals surface area contributed by atoms with Gasteiger partial charge in [0.1, 0.15) is 0 Å². The Morgan fingerprint density at radius 3 is 2.81 bits per heavy atom. The van der Waals surface area contributed by atoms with Gasteiger partial charge >= 0.3 is 5.97 Å². The maximum Gasteiger partial charge on any atom is 0.305 e. The first-order valence-corrected chi connectivity index (χ1v) is 5.44. The quantitative estimate of drug-likeness (QED) is 0.336. The average Bonchev–Trinajstić information content (AvgIpc) is 2.25. The van der Waals surface area contributed by atoms with E-state index in [2.05, 4.69) is 17.2 Å². The van der Waals surface area contributed by atoms with Gasteiger partial charge in [-0.05, 0) is 13.3 Å². The van der Waals surface area contributed by atoms with E-state index in [1.54, 1.807) is 13.0 Å². The Balaban J connectivity index is 3.33. The molecule has 1 amide bonds. The van der Waals surface area contributed by atoms with Crippen molar-refractivity contribution >= 4 is 11.9 Å². The lowest BCUT2D eigenvalue weighted by Gasteiger charge is -2.05. The molecular weight excluding hydrogens is 208 g/mol. The smallest absolute Gasteiger partial charge is 0.305 e. The number of carbonyl (C=O) groups excluding carboxylic acids is 2. The molecule has 0 heterocycles. The van der Waals surface area contributed by atoms with Gasteiger partial charge in [0, 0.05) is 19.5 Å². The summed E-state index contributed by atoms with van der Waals surface area (Å²) in [5.41, 5.74) is 0. The third kappa shape index (κ3) is 9.21. The standard InChI is InChI=1S/C11H20N2O3/c1-3-7-12-9-10(14)13-8-5-6-11(15)16-4-2/h3,12H,1,4-9H2,2H3,(H,13,14). The van der Waals surface area contributed by atoms with Gasteiger partial charge in [0.15, 0.2) is 0 Å². The number of carbonyl (C=O) groups is 2. The minimum atomic E-state index is -0.221. The highest BCUT2D eigenvalue weighted by Crippen LogP contribution is 1.90. The van der Waals surface area contributed by atoms with Gasteiger partial charge < -0.3 is 15.4 Å². The second-order valence-electron chi connectivity index (χ2n) is 3.18. The zero-order valence-electron chi connectivity index (χ0n) is 9.75. The molecule has 0 aromatic heterocycles. The van der Waals surface area contributed by atoms with Gasteiger partial charge in [0.05, 0.1) is 13.2 Å². The molecule has 0 rings (SSSR count). The molecule has 0 aliphatic carbocycles. The molecule has 5 heteroatoms. The normalized spacial score (nSPS) is 9.56. The second kappa shape index (κ2) is 10.2. The van der Waals surface area contributed by atoms with Gasteiger partial charge in [-0.15, -0.1) is 6.58 Å². The third-order valence-corrected chi connectivity index (χ3v) is 1.76. The van der Waals surface area contributed by atoms with Gasteiger partial charge in [-0.2, -0.15) is 0 Å². The van der Waals surface area contributed by atoms with Crippen LogP contribution in [0.4, 0.5) is 0 Å². The summed E-state index contributed by atoms with van der Waals surface area (Å²) in [5.74, 6) is -0.299. The molecule has 0 saturated heterocycles. The van der Waals surface area contributed by atoms with Crippen LogP contribution < -0.4 is 10.6 Å². The first-order valence-electron chi connectivity index (χ1n) is 5.44. The molecule has 0 spiro atoms. The Morgan fingerprint density at radius 2 is 2.19 bits per heavy atom. The summed E-state index contributed by atoms with van der Waals surface area (Å²) in [5, 5.41) is 5.58. The predicted octanol–water partition coefficient (Wildman–Crippen LogP) is 0.222. The summed E-state index contributed by atoms with van der Waals surface area (Å²) in [6.45, 7) is 7.06. The second-order valence-corrected chi connectivity index (χ2v) is 3.18. The van der Waals surface area contributed by atoms with Crippen molar-refractivity contribution in [1.82, 2.24) is 10.6 Å². The van der Waals surface area contributed by atoms with Crippen LogP contribution in [0.1, 0.15) is 19.8 Å². The molecule has 92 valence electrons. The maximum absolute atomic E-state index is 11.2. The monoisotopic (exact) mass is 228 g/mol. The van der Waals surface area contributed by atoms with Crippen molar-refractivity contribution in [2.75, 3.05) is 26.2 Å². The van der Waals surface area contributed by atoms with Gasteiger partial charge in [-0.3, -0.25) is 9.59 Å². The molecule has 0 unspecified atom stereocenters. The zero-order valence-corrected chi connectivity index (χ0v) is 9.75. The molecule has 0 radical (unpaired) electrons. The summed E-state index contributed by atoms with van der Waals surface area (Å²) in [7, 11) is 0. The summed E-state index contributed by atoms with van der Waals surface area (Å²) in [4.78, 5) is 22.1. The zero-order chi connectivity index (χ0) is 12.2. The van der Waals surface area contributed by atoms with Gasteiger partial charge in [-0.1, -0.05) is 6.08 Å². The van der Waals surface area contributed by atoms with E-state index in [9.17, 15) is 9.59 Å². The van der Waals surface area contributed by atoms with E-state index in [0.717, 1.165) is 0 Å². The number of ether oxygens (including phenoxy) is 1. The van der Waals surface area contributed by atoms with Crippen molar-refractivity contribution < 1.29 is 14.3 Å². The van der Waals surface area contributed by atoms with Crippen LogP contribution in [-0.4, -0.2) is 38.1 Å². The molecule has 0 atom stereocenters. The summed E-state index contributed by atoms with van der Waals surface area (Å²) >= 11 is 0. The highest BCUT2D eigenvalue weighted by Gasteiger charge is 2.02. The van der Waals surface area contributed by atoms with E-state index in [1.807, 2.05) is 0 Å². The molecule has 0 aliphatic rings. The van der Waals surface area contributed by atoms with Crippen LogP contribution in [0.15, 0.2) is 12.7 Å². The van der Waals surface area contributed by atoms with E-state index >= 15 is 0 Å². The number of rotatable bonds is 9. The molecular formula is C11H20N2O3. The fraction of sp³-hybridized carbons (Fsp3) is 0.636. The number of hydrogen-bond acceptors (Lipinski definition) is 4. The Hall–Kier alpha value is -1.36. The van der Waals surface area contributed by atoms with Crippen LogP contribution in [-0.2, 0) is 14.3 Å². The van der Waals surface area contributed by atoms with E-state index < -0.39 is 0 Å². The van der Waals surface area contributed by atoms with Gasteiger partial charge in [-0.25, -0.2) is 0 Å². The Kier molecular flexibility index (Phi) is 9.30. The highest BCUT2D eigenvalue weighted by molar-refractivity contribution is 5.78. The number of hydrogen-bond donors (Lipinski definition) is 2. The summed E-state index contributed by atoms with van der Waals surface area (Å²) in [6, 6.07) is 0. The minimum Gasteiger partial charge on any atom is -0.466 e.